The molecular weight excluding hydrogens is 274 g/mol. The third-order valence-electron chi connectivity index (χ3n) is 2.88. The second-order valence-electron chi connectivity index (χ2n) is 4.21. The first-order valence-corrected chi connectivity index (χ1v) is 6.39. The van der Waals surface area contributed by atoms with Crippen LogP contribution in [0.2, 0.25) is 0 Å². The van der Waals surface area contributed by atoms with Crippen molar-refractivity contribution in [1.82, 2.24) is 5.32 Å². The largest absolute Gasteiger partial charge is 0.497 e. The van der Waals surface area contributed by atoms with E-state index in [1.807, 2.05) is 0 Å². The first-order chi connectivity index (χ1) is 10.1. The number of hydrogen-bond acceptors (Lipinski definition) is 5. The lowest BCUT2D eigenvalue weighted by molar-refractivity contribution is -0.120. The van der Waals surface area contributed by atoms with Gasteiger partial charge < -0.3 is 20.5 Å². The smallest absolute Gasteiger partial charge is 0.239 e. The van der Waals surface area contributed by atoms with Crippen molar-refractivity contribution < 1.29 is 14.3 Å². The van der Waals surface area contributed by atoms with Crippen molar-refractivity contribution in [1.29, 1.82) is 0 Å². The number of carbonyl (C=O) groups is 1. The Morgan fingerprint density at radius 2 is 2.24 bits per heavy atom. The Balaban J connectivity index is 2.88. The summed E-state index contributed by atoms with van der Waals surface area (Å²) in [6.07, 6.45) is 0.597. The summed E-state index contributed by atoms with van der Waals surface area (Å²) in [5.41, 5.74) is 14.3. The lowest BCUT2D eigenvalue weighted by atomic mass is 10.0. The number of benzene rings is 1. The molecule has 0 aliphatic heterocycles. The van der Waals surface area contributed by atoms with Gasteiger partial charge in [0.25, 0.3) is 0 Å². The zero-order valence-electron chi connectivity index (χ0n) is 12.1. The van der Waals surface area contributed by atoms with Crippen molar-refractivity contribution in [2.75, 3.05) is 27.3 Å². The minimum atomic E-state index is -0.707. The highest BCUT2D eigenvalue weighted by Gasteiger charge is 2.21. The summed E-state index contributed by atoms with van der Waals surface area (Å²) in [5, 5.41) is 6.45. The fourth-order valence-corrected chi connectivity index (χ4v) is 1.87. The van der Waals surface area contributed by atoms with E-state index in [-0.39, 0.29) is 0 Å². The molecule has 8 nitrogen and oxygen atoms in total. The summed E-state index contributed by atoms with van der Waals surface area (Å²) >= 11 is 0. The van der Waals surface area contributed by atoms with Crippen LogP contribution in [0.3, 0.4) is 0 Å². The number of amides is 1. The summed E-state index contributed by atoms with van der Waals surface area (Å²) in [6, 6.07) is 4.45. The molecule has 21 heavy (non-hydrogen) atoms. The molecule has 1 rings (SSSR count). The van der Waals surface area contributed by atoms with Gasteiger partial charge in [-0.25, -0.2) is 0 Å². The van der Waals surface area contributed by atoms with E-state index in [4.69, 9.17) is 20.7 Å². The zero-order valence-corrected chi connectivity index (χ0v) is 12.1. The highest BCUT2D eigenvalue weighted by molar-refractivity contribution is 5.82. The van der Waals surface area contributed by atoms with E-state index in [9.17, 15) is 4.79 Å². The number of nitrogens with zero attached hydrogens (tertiary/aromatic N) is 3. The quantitative estimate of drug-likeness (QED) is 0.310. The average molecular weight is 293 g/mol. The number of nitrogens with two attached hydrogens (primary N) is 1. The molecule has 0 radical (unpaired) electrons. The van der Waals surface area contributed by atoms with Crippen LogP contribution in [0.4, 0.5) is 0 Å². The van der Waals surface area contributed by atoms with Gasteiger partial charge in [0.15, 0.2) is 0 Å². The van der Waals surface area contributed by atoms with Crippen LogP contribution >= 0.6 is 0 Å². The van der Waals surface area contributed by atoms with Crippen molar-refractivity contribution in [3.63, 3.8) is 0 Å². The van der Waals surface area contributed by atoms with Crippen LogP contribution in [-0.2, 0) is 4.79 Å². The van der Waals surface area contributed by atoms with Gasteiger partial charge in [0.1, 0.15) is 17.5 Å². The Morgan fingerprint density at radius 3 is 2.81 bits per heavy atom. The van der Waals surface area contributed by atoms with Crippen LogP contribution in [0.15, 0.2) is 23.3 Å². The van der Waals surface area contributed by atoms with Gasteiger partial charge in [0, 0.05) is 17.0 Å². The van der Waals surface area contributed by atoms with Crippen LogP contribution in [0.1, 0.15) is 18.0 Å². The molecule has 0 bridgehead atoms. The van der Waals surface area contributed by atoms with Crippen molar-refractivity contribution in [2.45, 2.75) is 12.5 Å². The van der Waals surface area contributed by atoms with Crippen molar-refractivity contribution >= 4 is 5.91 Å². The molecule has 8 heteroatoms. The van der Waals surface area contributed by atoms with E-state index in [1.54, 1.807) is 18.2 Å². The van der Waals surface area contributed by atoms with Crippen molar-refractivity contribution in [3.8, 4) is 11.5 Å². The SMILES string of the molecule is COc1ccc(OC)c(C(NCCCN=[N+]=[N-])C(N)=O)c1. The minimum absolute atomic E-state index is 0.351. The molecule has 114 valence electrons. The molecule has 0 aliphatic rings. The van der Waals surface area contributed by atoms with E-state index < -0.39 is 11.9 Å². The van der Waals surface area contributed by atoms with Gasteiger partial charge in [0.05, 0.1) is 14.2 Å². The highest BCUT2D eigenvalue weighted by Crippen LogP contribution is 2.29. The monoisotopic (exact) mass is 293 g/mol. The molecule has 3 N–H and O–H groups in total. The van der Waals surface area contributed by atoms with Crippen LogP contribution in [0.25, 0.3) is 10.4 Å². The van der Waals surface area contributed by atoms with Gasteiger partial charge in [-0.05, 0) is 36.7 Å². The number of hydrogen-bond donors (Lipinski definition) is 2. The van der Waals surface area contributed by atoms with Gasteiger partial charge >= 0.3 is 0 Å². The third-order valence-corrected chi connectivity index (χ3v) is 2.88. The Labute approximate surface area is 122 Å². The first kappa shape index (κ1) is 16.6. The summed E-state index contributed by atoms with van der Waals surface area (Å²) in [6.45, 7) is 0.831. The molecule has 0 saturated carbocycles. The Bertz CT molecular complexity index is 529. The number of rotatable bonds is 9. The van der Waals surface area contributed by atoms with E-state index in [0.717, 1.165) is 0 Å². The molecular formula is C13H19N5O3. The van der Waals surface area contributed by atoms with E-state index in [2.05, 4.69) is 15.3 Å². The maximum absolute atomic E-state index is 11.7. The topological polar surface area (TPSA) is 122 Å². The summed E-state index contributed by atoms with van der Waals surface area (Å²) in [7, 11) is 3.06. The molecule has 1 unspecified atom stereocenters. The molecule has 1 atom stereocenters. The average Bonchev–Trinajstić information content (AvgIpc) is 2.50. The maximum Gasteiger partial charge on any atom is 0.239 e. The Hall–Kier alpha value is -2.44. The van der Waals surface area contributed by atoms with Gasteiger partial charge in [-0.15, -0.1) is 0 Å². The molecule has 0 aliphatic carbocycles. The molecule has 1 aromatic rings. The minimum Gasteiger partial charge on any atom is -0.497 e. The lowest BCUT2D eigenvalue weighted by Crippen LogP contribution is -2.34. The summed E-state index contributed by atoms with van der Waals surface area (Å²) in [5.74, 6) is 0.625. The molecule has 0 fully saturated rings. The second kappa shape index (κ2) is 8.68. The van der Waals surface area contributed by atoms with Gasteiger partial charge in [-0.3, -0.25) is 4.79 Å². The number of nitrogens with one attached hydrogen (secondary N) is 1. The Morgan fingerprint density at radius 1 is 1.48 bits per heavy atom. The fourth-order valence-electron chi connectivity index (χ4n) is 1.87. The van der Waals surface area contributed by atoms with Crippen LogP contribution < -0.4 is 20.5 Å². The molecule has 0 saturated heterocycles. The normalized spacial score (nSPS) is 11.3. The predicted octanol–water partition coefficient (Wildman–Crippen LogP) is 1.52. The molecule has 0 heterocycles. The number of carbonyl (C=O) groups excluding carboxylic acids is 1. The van der Waals surface area contributed by atoms with Crippen LogP contribution in [0.5, 0.6) is 11.5 Å². The predicted molar refractivity (Wildman–Crippen MR) is 78.1 cm³/mol. The van der Waals surface area contributed by atoms with Crippen molar-refractivity contribution in [2.24, 2.45) is 10.8 Å². The molecule has 0 spiro atoms. The number of ether oxygens (including phenoxy) is 2. The van der Waals surface area contributed by atoms with E-state index in [0.29, 0.717) is 36.6 Å². The Kier molecular flexibility index (Phi) is 6.86. The summed E-state index contributed by atoms with van der Waals surface area (Å²) < 4.78 is 10.4. The van der Waals surface area contributed by atoms with Crippen LogP contribution in [-0.4, -0.2) is 33.2 Å². The second-order valence-corrected chi connectivity index (χ2v) is 4.21. The fraction of sp³-hybridized carbons (Fsp3) is 0.462. The van der Waals surface area contributed by atoms with E-state index >= 15 is 0 Å². The standard InChI is InChI=1S/C13H19N5O3/c1-20-9-4-5-11(21-2)10(8-9)12(13(14)19)16-6-3-7-17-18-15/h4-5,8,12,16H,3,6-7H2,1-2H3,(H2,14,19). The maximum atomic E-state index is 11.7. The molecule has 1 amide bonds. The molecule has 1 aromatic carbocycles. The summed E-state index contributed by atoms with van der Waals surface area (Å²) in [4.78, 5) is 14.3. The lowest BCUT2D eigenvalue weighted by Gasteiger charge is -2.19. The third kappa shape index (κ3) is 4.87. The van der Waals surface area contributed by atoms with Crippen molar-refractivity contribution in [3.05, 3.63) is 34.2 Å². The highest BCUT2D eigenvalue weighted by atomic mass is 16.5. The van der Waals surface area contributed by atoms with E-state index in [1.165, 1.54) is 14.2 Å². The zero-order chi connectivity index (χ0) is 15.7. The van der Waals surface area contributed by atoms with Gasteiger partial charge in [0.2, 0.25) is 5.91 Å². The van der Waals surface area contributed by atoms with Gasteiger partial charge in [-0.1, -0.05) is 5.11 Å². The van der Waals surface area contributed by atoms with Crippen LogP contribution in [0, 0.1) is 0 Å². The van der Waals surface area contributed by atoms with Gasteiger partial charge in [-0.2, -0.15) is 0 Å². The number of azide groups is 1. The first-order valence-electron chi connectivity index (χ1n) is 6.39. The number of methoxy groups -OCH3 is 2. The number of primary amides is 1. The molecule has 0 aromatic heterocycles.